The van der Waals surface area contributed by atoms with Gasteiger partial charge in [-0.25, -0.2) is 0 Å². The lowest BCUT2D eigenvalue weighted by atomic mass is 9.77. The molecule has 2 aromatic rings. The summed E-state index contributed by atoms with van der Waals surface area (Å²) in [4.78, 5) is 10.9. The van der Waals surface area contributed by atoms with Crippen LogP contribution in [0.25, 0.3) is 0 Å². The van der Waals surface area contributed by atoms with E-state index >= 15 is 0 Å². The van der Waals surface area contributed by atoms with Crippen molar-refractivity contribution in [2.24, 2.45) is 0 Å². The van der Waals surface area contributed by atoms with Crippen LogP contribution in [0.4, 0.5) is 0 Å². The van der Waals surface area contributed by atoms with E-state index < -0.39 is 19.2 Å². The van der Waals surface area contributed by atoms with Gasteiger partial charge in [0.15, 0.2) is 0 Å². The highest BCUT2D eigenvalue weighted by atomic mass is 16.5. The number of rotatable bonds is 4. The first kappa shape index (κ1) is 14.5. The Bertz CT molecular complexity index is 710. The molecule has 0 saturated carbocycles. The second-order valence-corrected chi connectivity index (χ2v) is 4.98. The van der Waals surface area contributed by atoms with Crippen LogP contribution in [-0.2, 0) is 9.45 Å². The van der Waals surface area contributed by atoms with Crippen LogP contribution in [0.5, 0.6) is 11.6 Å². The number of aliphatic carboxylic acids is 1. The van der Waals surface area contributed by atoms with Gasteiger partial charge in [0.05, 0.1) is 12.5 Å². The number of ether oxygens (including phenoxy) is 1. The van der Waals surface area contributed by atoms with Crippen molar-refractivity contribution in [2.45, 2.75) is 19.4 Å². The minimum absolute atomic E-state index is 0.199. The fourth-order valence-electron chi connectivity index (χ4n) is 2.56. The van der Waals surface area contributed by atoms with Crippen LogP contribution in [-0.4, -0.2) is 33.4 Å². The van der Waals surface area contributed by atoms with Crippen LogP contribution in [0, 0.1) is 6.92 Å². The number of aromatic nitrogens is 2. The molecule has 0 fully saturated rings. The van der Waals surface area contributed by atoms with E-state index in [1.807, 2.05) is 6.92 Å². The number of hydrogen-bond acceptors (Lipinski definition) is 6. The average Bonchev–Trinajstić information content (AvgIpc) is 2.76. The number of benzene rings is 1. The molecule has 0 spiro atoms. The predicted molar refractivity (Wildman–Crippen MR) is 77.0 cm³/mol. The van der Waals surface area contributed by atoms with Crippen LogP contribution >= 0.6 is 0 Å². The molecule has 2 N–H and O–H groups in total. The van der Waals surface area contributed by atoms with E-state index in [1.165, 1.54) is 6.20 Å². The van der Waals surface area contributed by atoms with Crippen molar-refractivity contribution in [2.75, 3.05) is 0 Å². The van der Waals surface area contributed by atoms with E-state index in [4.69, 9.17) is 14.5 Å². The normalized spacial score (nSPS) is 16.5. The lowest BCUT2D eigenvalue weighted by molar-refractivity contribution is -0.138. The molecule has 7 nitrogen and oxygen atoms in total. The number of carboxylic acids is 1. The molecule has 2 heterocycles. The Morgan fingerprint density at radius 1 is 1.50 bits per heavy atom. The number of nitrogens with zero attached hydrogens (tertiary/aromatic N) is 2. The fraction of sp³-hybridized carbons (Fsp3) is 0.214. The third kappa shape index (κ3) is 2.79. The van der Waals surface area contributed by atoms with Gasteiger partial charge in [0.2, 0.25) is 5.88 Å². The summed E-state index contributed by atoms with van der Waals surface area (Å²) in [6.45, 7) is 1.82. The molecule has 0 saturated heterocycles. The summed E-state index contributed by atoms with van der Waals surface area (Å²) in [5, 5.41) is 26.5. The second-order valence-electron chi connectivity index (χ2n) is 4.98. The molecular formula is C14H13BN2O5. The third-order valence-corrected chi connectivity index (χ3v) is 3.40. The number of carboxylic acid groups (broad SMARTS) is 1. The van der Waals surface area contributed by atoms with Gasteiger partial charge in [-0.05, 0) is 41.7 Å². The molecule has 1 aromatic heterocycles. The monoisotopic (exact) mass is 300 g/mol. The molecular weight excluding hydrogens is 287 g/mol. The number of aryl methyl sites for hydroxylation is 1. The largest absolute Gasteiger partial charge is 0.492 e. The minimum Gasteiger partial charge on any atom is -0.481 e. The molecule has 0 amide bonds. The van der Waals surface area contributed by atoms with Gasteiger partial charge in [0.25, 0.3) is 0 Å². The molecule has 0 bridgehead atoms. The van der Waals surface area contributed by atoms with Crippen molar-refractivity contribution in [3.63, 3.8) is 0 Å². The fourth-order valence-corrected chi connectivity index (χ4v) is 2.56. The van der Waals surface area contributed by atoms with E-state index in [0.29, 0.717) is 22.7 Å². The second kappa shape index (κ2) is 5.74. The molecule has 1 aliphatic heterocycles. The van der Waals surface area contributed by atoms with Gasteiger partial charge in [-0.2, -0.15) is 5.10 Å². The average molecular weight is 300 g/mol. The third-order valence-electron chi connectivity index (χ3n) is 3.40. The summed E-state index contributed by atoms with van der Waals surface area (Å²) in [6, 6.07) is 6.74. The molecule has 22 heavy (non-hydrogen) atoms. The topological polar surface area (TPSA) is 102 Å². The van der Waals surface area contributed by atoms with E-state index in [2.05, 4.69) is 10.2 Å². The van der Waals surface area contributed by atoms with Gasteiger partial charge < -0.3 is 19.5 Å². The first-order valence-electron chi connectivity index (χ1n) is 6.70. The minimum atomic E-state index is -1.16. The Labute approximate surface area is 126 Å². The van der Waals surface area contributed by atoms with Crippen molar-refractivity contribution in [3.05, 3.63) is 41.6 Å². The molecule has 8 heteroatoms. The highest BCUT2D eigenvalue weighted by Crippen LogP contribution is 2.32. The standard InChI is InChI=1S/C14H13BN2O5/c1-8-5-9(21-12-3-2-4-16-17-12)6-10-14(8)11(7-13(18)19)22-15(10)20/h2-6,11,20H,7H2,1H3,(H,18,19). The van der Waals surface area contributed by atoms with E-state index in [9.17, 15) is 9.82 Å². The molecule has 3 rings (SSSR count). The molecule has 1 atom stereocenters. The Hall–Kier alpha value is -2.45. The van der Waals surface area contributed by atoms with Crippen molar-refractivity contribution < 1.29 is 24.3 Å². The molecule has 112 valence electrons. The maximum atomic E-state index is 10.9. The molecule has 0 aliphatic carbocycles. The highest BCUT2D eigenvalue weighted by molar-refractivity contribution is 6.62. The molecule has 0 radical (unpaired) electrons. The number of carbonyl (C=O) groups is 1. The van der Waals surface area contributed by atoms with E-state index in [-0.39, 0.29) is 6.42 Å². The van der Waals surface area contributed by atoms with Crippen LogP contribution in [0.3, 0.4) is 0 Å². The van der Waals surface area contributed by atoms with Gasteiger partial charge in [-0.3, -0.25) is 4.79 Å². The highest BCUT2D eigenvalue weighted by Gasteiger charge is 2.37. The maximum absolute atomic E-state index is 10.9. The van der Waals surface area contributed by atoms with Gasteiger partial charge >= 0.3 is 13.1 Å². The summed E-state index contributed by atoms with van der Waals surface area (Å²) in [5.74, 6) is -0.169. The van der Waals surface area contributed by atoms with Crippen molar-refractivity contribution in [3.8, 4) is 11.6 Å². The van der Waals surface area contributed by atoms with Gasteiger partial charge in [-0.1, -0.05) is 0 Å². The van der Waals surface area contributed by atoms with Crippen molar-refractivity contribution >= 4 is 18.6 Å². The summed E-state index contributed by atoms with van der Waals surface area (Å²) in [6.07, 6.45) is 0.678. The summed E-state index contributed by atoms with van der Waals surface area (Å²) in [5.41, 5.74) is 2.01. The summed E-state index contributed by atoms with van der Waals surface area (Å²) in [7, 11) is -1.16. The van der Waals surface area contributed by atoms with Gasteiger partial charge in [0, 0.05) is 12.3 Å². The Kier molecular flexibility index (Phi) is 3.78. The van der Waals surface area contributed by atoms with Crippen molar-refractivity contribution in [1.29, 1.82) is 0 Å². The number of fused-ring (bicyclic) bond motifs is 1. The first-order valence-corrected chi connectivity index (χ1v) is 6.70. The van der Waals surface area contributed by atoms with Crippen molar-refractivity contribution in [1.82, 2.24) is 10.2 Å². The summed E-state index contributed by atoms with van der Waals surface area (Å²) < 4.78 is 10.9. The first-order chi connectivity index (χ1) is 10.5. The maximum Gasteiger partial charge on any atom is 0.492 e. The molecule has 1 unspecified atom stereocenters. The van der Waals surface area contributed by atoms with Crippen LogP contribution in [0.1, 0.15) is 23.7 Å². The predicted octanol–water partition coefficient (Wildman–Crippen LogP) is 0.811. The lowest BCUT2D eigenvalue weighted by Crippen LogP contribution is -2.28. The van der Waals surface area contributed by atoms with Gasteiger partial charge in [-0.15, -0.1) is 5.10 Å². The zero-order valence-electron chi connectivity index (χ0n) is 11.8. The van der Waals surface area contributed by atoms with E-state index in [1.54, 1.807) is 24.3 Å². The Morgan fingerprint density at radius 2 is 2.32 bits per heavy atom. The molecule has 1 aromatic carbocycles. The summed E-state index contributed by atoms with van der Waals surface area (Å²) >= 11 is 0. The smallest absolute Gasteiger partial charge is 0.481 e. The zero-order valence-corrected chi connectivity index (χ0v) is 11.8. The van der Waals surface area contributed by atoms with Crippen LogP contribution in [0.15, 0.2) is 30.5 Å². The van der Waals surface area contributed by atoms with Crippen LogP contribution < -0.4 is 10.2 Å². The SMILES string of the molecule is Cc1cc(Oc2cccnn2)cc2c1C(CC(=O)O)OB2O. The van der Waals surface area contributed by atoms with Crippen LogP contribution in [0.2, 0.25) is 0 Å². The Morgan fingerprint density at radius 3 is 3.00 bits per heavy atom. The molecule has 1 aliphatic rings. The number of hydrogen-bond donors (Lipinski definition) is 2. The Balaban J connectivity index is 1.93. The van der Waals surface area contributed by atoms with E-state index in [0.717, 1.165) is 5.56 Å². The zero-order chi connectivity index (χ0) is 15.7. The quantitative estimate of drug-likeness (QED) is 0.805. The van der Waals surface area contributed by atoms with Gasteiger partial charge in [0.1, 0.15) is 5.75 Å². The lowest BCUT2D eigenvalue weighted by Gasteiger charge is -2.13.